The van der Waals surface area contributed by atoms with Crippen LogP contribution in [0.3, 0.4) is 0 Å². The van der Waals surface area contributed by atoms with Gasteiger partial charge < -0.3 is 20.3 Å². The molecule has 1 unspecified atom stereocenters. The summed E-state index contributed by atoms with van der Waals surface area (Å²) in [5.41, 5.74) is 10.2. The average molecular weight is 321 g/mol. The Morgan fingerprint density at radius 3 is 2.79 bits per heavy atom. The molecule has 24 heavy (non-hydrogen) atoms. The van der Waals surface area contributed by atoms with Crippen LogP contribution in [0.25, 0.3) is 11.0 Å². The Hall–Kier alpha value is -2.64. The van der Waals surface area contributed by atoms with Crippen LogP contribution in [0.2, 0.25) is 0 Å². The normalized spacial score (nSPS) is 15.9. The van der Waals surface area contributed by atoms with E-state index in [1.165, 1.54) is 0 Å². The quantitative estimate of drug-likeness (QED) is 0.592. The zero-order chi connectivity index (χ0) is 17.0. The first-order chi connectivity index (χ1) is 11.5. The Morgan fingerprint density at radius 1 is 1.29 bits per heavy atom. The van der Waals surface area contributed by atoms with Gasteiger partial charge in [-0.25, -0.2) is 4.98 Å². The van der Waals surface area contributed by atoms with Crippen LogP contribution in [0.1, 0.15) is 40.2 Å². The van der Waals surface area contributed by atoms with E-state index in [2.05, 4.69) is 4.57 Å². The van der Waals surface area contributed by atoms with E-state index in [0.29, 0.717) is 17.6 Å². The molecule has 0 bridgehead atoms. The van der Waals surface area contributed by atoms with Crippen molar-refractivity contribution >= 4 is 29.5 Å². The SMILES string of the molecule is CC1c2cc(B(O)O)ccc2Cn2c1nc1ccc(C(N)=O)cc12. The molecule has 7 heteroatoms. The number of primary amides is 1. The molecule has 4 rings (SSSR count). The predicted octanol–water partition coefficient (Wildman–Crippen LogP) is 0.329. The highest BCUT2D eigenvalue weighted by atomic mass is 16.4. The maximum absolute atomic E-state index is 11.4. The van der Waals surface area contributed by atoms with E-state index in [1.54, 1.807) is 24.3 Å². The molecule has 4 N–H and O–H groups in total. The first kappa shape index (κ1) is 14.9. The third kappa shape index (κ3) is 2.13. The first-order valence-corrected chi connectivity index (χ1v) is 7.74. The largest absolute Gasteiger partial charge is 0.488 e. The second-order valence-corrected chi connectivity index (χ2v) is 6.18. The van der Waals surface area contributed by atoms with Gasteiger partial charge in [-0.2, -0.15) is 0 Å². The number of imidazole rings is 1. The molecule has 1 aliphatic heterocycles. The lowest BCUT2D eigenvalue weighted by Gasteiger charge is -2.25. The molecule has 120 valence electrons. The van der Waals surface area contributed by atoms with Crippen LogP contribution in [0.15, 0.2) is 36.4 Å². The molecular formula is C17H16BN3O3. The summed E-state index contributed by atoms with van der Waals surface area (Å²) in [6.07, 6.45) is 0. The highest BCUT2D eigenvalue weighted by Gasteiger charge is 2.27. The Morgan fingerprint density at radius 2 is 2.08 bits per heavy atom. The molecule has 1 amide bonds. The number of carbonyl (C=O) groups is 1. The van der Waals surface area contributed by atoms with Gasteiger partial charge in [0.05, 0.1) is 11.0 Å². The van der Waals surface area contributed by atoms with Crippen molar-refractivity contribution < 1.29 is 14.8 Å². The van der Waals surface area contributed by atoms with Crippen LogP contribution in [0.5, 0.6) is 0 Å². The lowest BCUT2D eigenvalue weighted by molar-refractivity contribution is 0.100. The van der Waals surface area contributed by atoms with Crippen LogP contribution in [0.4, 0.5) is 0 Å². The molecule has 0 aliphatic carbocycles. The van der Waals surface area contributed by atoms with E-state index in [0.717, 1.165) is 28.0 Å². The summed E-state index contributed by atoms with van der Waals surface area (Å²) in [6, 6.07) is 10.7. The number of benzene rings is 2. The highest BCUT2D eigenvalue weighted by Crippen LogP contribution is 2.34. The van der Waals surface area contributed by atoms with Crippen molar-refractivity contribution in [2.75, 3.05) is 0 Å². The molecule has 1 aromatic heterocycles. The molecular weight excluding hydrogens is 305 g/mol. The van der Waals surface area contributed by atoms with Crippen LogP contribution >= 0.6 is 0 Å². The third-order valence-corrected chi connectivity index (χ3v) is 4.71. The summed E-state index contributed by atoms with van der Waals surface area (Å²) >= 11 is 0. The van der Waals surface area contributed by atoms with Gasteiger partial charge in [-0.1, -0.05) is 25.1 Å². The highest BCUT2D eigenvalue weighted by molar-refractivity contribution is 6.58. The van der Waals surface area contributed by atoms with E-state index in [4.69, 9.17) is 10.7 Å². The van der Waals surface area contributed by atoms with Gasteiger partial charge in [0.25, 0.3) is 0 Å². The second-order valence-electron chi connectivity index (χ2n) is 6.18. The smallest absolute Gasteiger partial charge is 0.423 e. The van der Waals surface area contributed by atoms with Crippen LogP contribution in [-0.4, -0.2) is 32.6 Å². The fourth-order valence-electron chi connectivity index (χ4n) is 3.42. The van der Waals surface area contributed by atoms with Gasteiger partial charge in [-0.3, -0.25) is 4.79 Å². The summed E-state index contributed by atoms with van der Waals surface area (Å²) in [7, 11) is -1.48. The molecule has 1 aliphatic rings. The Bertz CT molecular complexity index is 981. The van der Waals surface area contributed by atoms with Gasteiger partial charge in [0.2, 0.25) is 5.91 Å². The van der Waals surface area contributed by atoms with Crippen LogP contribution in [-0.2, 0) is 6.54 Å². The second kappa shape index (κ2) is 5.19. The Kier molecular flexibility index (Phi) is 3.23. The topological polar surface area (TPSA) is 101 Å². The number of nitrogens with zero attached hydrogens (tertiary/aromatic N) is 2. The van der Waals surface area contributed by atoms with Crippen LogP contribution < -0.4 is 11.2 Å². The minimum absolute atomic E-state index is 0.0110. The minimum atomic E-state index is -1.48. The van der Waals surface area contributed by atoms with E-state index in [1.807, 2.05) is 19.1 Å². The summed E-state index contributed by atoms with van der Waals surface area (Å²) in [5, 5.41) is 18.8. The molecule has 2 heterocycles. The number of hydrogen-bond acceptors (Lipinski definition) is 4. The molecule has 2 aromatic carbocycles. The lowest BCUT2D eigenvalue weighted by Crippen LogP contribution is -2.31. The standard InChI is InChI=1S/C17H16BN3O3/c1-9-13-7-12(18(23)24)4-2-11(13)8-21-15-6-10(16(19)22)3-5-14(15)20-17(9)21/h2-7,9,23-24H,8H2,1H3,(H2,19,22). The maximum atomic E-state index is 11.4. The van der Waals surface area contributed by atoms with Gasteiger partial charge in [-0.15, -0.1) is 0 Å². The van der Waals surface area contributed by atoms with Crippen LogP contribution in [0, 0.1) is 0 Å². The predicted molar refractivity (Wildman–Crippen MR) is 91.1 cm³/mol. The monoisotopic (exact) mass is 321 g/mol. The number of amides is 1. The zero-order valence-electron chi connectivity index (χ0n) is 13.1. The molecule has 3 aromatic rings. The number of hydrogen-bond donors (Lipinski definition) is 3. The van der Waals surface area contributed by atoms with Crippen molar-refractivity contribution in [3.8, 4) is 0 Å². The minimum Gasteiger partial charge on any atom is -0.423 e. The van der Waals surface area contributed by atoms with Crippen molar-refractivity contribution in [1.82, 2.24) is 9.55 Å². The van der Waals surface area contributed by atoms with Gasteiger partial charge in [0, 0.05) is 18.0 Å². The Labute approximate surface area is 138 Å². The molecule has 0 fully saturated rings. The number of carbonyl (C=O) groups excluding carboxylic acids is 1. The molecule has 0 radical (unpaired) electrons. The summed E-state index contributed by atoms with van der Waals surface area (Å²) in [4.78, 5) is 16.1. The van der Waals surface area contributed by atoms with Crippen molar-refractivity contribution in [3.05, 3.63) is 58.9 Å². The van der Waals surface area contributed by atoms with Gasteiger partial charge in [-0.05, 0) is 34.8 Å². The first-order valence-electron chi connectivity index (χ1n) is 7.74. The van der Waals surface area contributed by atoms with E-state index in [-0.39, 0.29) is 5.92 Å². The maximum Gasteiger partial charge on any atom is 0.488 e. The molecule has 6 nitrogen and oxygen atoms in total. The number of rotatable bonds is 2. The molecule has 1 atom stereocenters. The molecule has 0 saturated heterocycles. The summed E-state index contributed by atoms with van der Waals surface area (Å²) in [6.45, 7) is 2.66. The summed E-state index contributed by atoms with van der Waals surface area (Å²) < 4.78 is 2.09. The zero-order valence-corrected chi connectivity index (χ0v) is 13.1. The van der Waals surface area contributed by atoms with Gasteiger partial charge in [0.15, 0.2) is 0 Å². The number of fused-ring (bicyclic) bond motifs is 4. The van der Waals surface area contributed by atoms with E-state index >= 15 is 0 Å². The summed E-state index contributed by atoms with van der Waals surface area (Å²) in [5.74, 6) is 0.443. The van der Waals surface area contributed by atoms with E-state index in [9.17, 15) is 14.8 Å². The number of aromatic nitrogens is 2. The average Bonchev–Trinajstić information content (AvgIpc) is 2.93. The van der Waals surface area contributed by atoms with Gasteiger partial charge >= 0.3 is 7.12 Å². The fraction of sp³-hybridized carbons (Fsp3) is 0.176. The van der Waals surface area contributed by atoms with Crippen molar-refractivity contribution in [2.45, 2.75) is 19.4 Å². The Balaban J connectivity index is 1.89. The molecule has 0 spiro atoms. The van der Waals surface area contributed by atoms with Crippen molar-refractivity contribution in [3.63, 3.8) is 0 Å². The van der Waals surface area contributed by atoms with Crippen molar-refractivity contribution in [2.24, 2.45) is 5.73 Å². The third-order valence-electron chi connectivity index (χ3n) is 4.71. The van der Waals surface area contributed by atoms with Crippen molar-refractivity contribution in [1.29, 1.82) is 0 Å². The number of nitrogens with two attached hydrogens (primary N) is 1. The van der Waals surface area contributed by atoms with E-state index < -0.39 is 13.0 Å². The fourth-order valence-corrected chi connectivity index (χ4v) is 3.42. The lowest BCUT2D eigenvalue weighted by atomic mass is 9.77. The molecule has 0 saturated carbocycles. The van der Waals surface area contributed by atoms with Gasteiger partial charge in [0.1, 0.15) is 5.82 Å².